The van der Waals surface area contributed by atoms with Crippen LogP contribution in [0.4, 0.5) is 0 Å². The van der Waals surface area contributed by atoms with Gasteiger partial charge in [-0.3, -0.25) is 0 Å². The Morgan fingerprint density at radius 3 is 0.968 bits per heavy atom. The average molecular weight is 571 g/mol. The van der Waals surface area contributed by atoms with Crippen LogP contribution in [0.2, 0.25) is 11.1 Å². The van der Waals surface area contributed by atoms with Crippen LogP contribution in [0.25, 0.3) is 0 Å². The van der Waals surface area contributed by atoms with Crippen molar-refractivity contribution in [2.24, 2.45) is 0 Å². The van der Waals surface area contributed by atoms with E-state index in [1.54, 1.807) is 29.5 Å². The molecule has 0 saturated carbocycles. The third-order valence-electron chi connectivity index (χ3n) is 4.07. The largest absolute Gasteiger partial charge is 0.504 e. The molecule has 0 aliphatic rings. The molecule has 2 unspecified atom stereocenters. The first-order chi connectivity index (χ1) is 14.9. The van der Waals surface area contributed by atoms with Gasteiger partial charge < -0.3 is 26.6 Å². The molecule has 0 spiro atoms. The van der Waals surface area contributed by atoms with Gasteiger partial charge in [0.1, 0.15) is 0 Å². The molecule has 13 heteroatoms. The summed E-state index contributed by atoms with van der Waals surface area (Å²) in [4.78, 5) is 0. The predicted octanol–water partition coefficient (Wildman–Crippen LogP) is 7.19. The molecule has 2 atom stereocenters. The third-order valence-corrected chi connectivity index (χ3v) is 20.7. The first-order valence-electron chi connectivity index (χ1n) is 11.0. The van der Waals surface area contributed by atoms with Crippen molar-refractivity contribution < 1.29 is 26.6 Å². The van der Waals surface area contributed by atoms with Gasteiger partial charge >= 0.3 is 17.6 Å². The molecule has 0 heterocycles. The van der Waals surface area contributed by atoms with E-state index in [9.17, 15) is 0 Å². The highest BCUT2D eigenvalue weighted by molar-refractivity contribution is 9.35. The number of hydrogen-bond donors (Lipinski definition) is 0. The van der Waals surface area contributed by atoms with Crippen LogP contribution in [-0.2, 0) is 26.6 Å². The lowest BCUT2D eigenvalue weighted by molar-refractivity contribution is 0.0639. The van der Waals surface area contributed by atoms with Gasteiger partial charge in [0.25, 0.3) is 0 Å². The first-order valence-corrected chi connectivity index (χ1v) is 21.1. The lowest BCUT2D eigenvalue weighted by Gasteiger charge is -2.33. The lowest BCUT2D eigenvalue weighted by atomic mass is 10.6. The van der Waals surface area contributed by atoms with Gasteiger partial charge in [0.15, 0.2) is 0 Å². The van der Waals surface area contributed by atoms with Gasteiger partial charge in [-0.15, -0.1) is 0 Å². The zero-order valence-corrected chi connectivity index (χ0v) is 26.4. The molecule has 0 aromatic heterocycles. The molecule has 0 bridgehead atoms. The molecule has 6 nitrogen and oxygen atoms in total. The minimum atomic E-state index is -2.63. The van der Waals surface area contributed by atoms with Crippen molar-refractivity contribution in [3.63, 3.8) is 0 Å². The fourth-order valence-electron chi connectivity index (χ4n) is 2.83. The summed E-state index contributed by atoms with van der Waals surface area (Å²) >= 11 is 0. The van der Waals surface area contributed by atoms with Crippen LogP contribution in [0.3, 0.4) is 0 Å². The second-order valence-corrected chi connectivity index (χ2v) is 20.4. The van der Waals surface area contributed by atoms with E-state index in [1.165, 1.54) is 0 Å². The lowest BCUT2D eigenvalue weighted by Crippen LogP contribution is -2.50. The highest BCUT2D eigenvalue weighted by Gasteiger charge is 2.47. The molecule has 0 radical (unpaired) electrons. The Morgan fingerprint density at radius 2 is 0.742 bits per heavy atom. The third kappa shape index (κ3) is 12.5. The molecule has 0 saturated heterocycles. The van der Waals surface area contributed by atoms with Crippen LogP contribution in [0.5, 0.6) is 0 Å². The maximum atomic E-state index is 6.01. The highest BCUT2D eigenvalue weighted by Crippen LogP contribution is 2.51. The summed E-state index contributed by atoms with van der Waals surface area (Å²) in [6.45, 7) is 20.0. The van der Waals surface area contributed by atoms with E-state index in [-0.39, 0.29) is 11.1 Å². The Kier molecular flexibility index (Phi) is 21.4. The van der Waals surface area contributed by atoms with Crippen molar-refractivity contribution in [1.82, 2.24) is 0 Å². The van der Waals surface area contributed by atoms with E-state index in [2.05, 4.69) is 13.8 Å². The van der Waals surface area contributed by atoms with Crippen molar-refractivity contribution in [2.45, 2.75) is 66.5 Å². The molecule has 0 fully saturated rings. The summed E-state index contributed by atoms with van der Waals surface area (Å²) in [5, 5.41) is 0. The Morgan fingerprint density at radius 1 is 0.484 bits per heavy atom. The van der Waals surface area contributed by atoms with Crippen molar-refractivity contribution in [3.8, 4) is 0 Å². The van der Waals surface area contributed by atoms with Crippen LogP contribution in [0.1, 0.15) is 55.4 Å². The molecule has 0 aliphatic carbocycles. The normalized spacial score (nSPS) is 14.7. The summed E-state index contributed by atoms with van der Waals surface area (Å²) in [5.41, 5.74) is 0.497. The zero-order valence-electron chi connectivity index (χ0n) is 20.3. The first kappa shape index (κ1) is 32.9. The van der Waals surface area contributed by atoms with Gasteiger partial charge in [-0.25, -0.2) is 0 Å². The Labute approximate surface area is 211 Å². The maximum Gasteiger partial charge on any atom is 0.504 e. The van der Waals surface area contributed by atoms with Gasteiger partial charge in [0.05, 0.1) is 0 Å². The molecule has 0 aliphatic heterocycles. The van der Waals surface area contributed by atoms with Crippen LogP contribution in [0.15, 0.2) is 0 Å². The quantitative estimate of drug-likeness (QED) is 0.0755. The Hall–Kier alpha value is 1.94. The zero-order chi connectivity index (χ0) is 23.6. The van der Waals surface area contributed by atoms with Crippen molar-refractivity contribution in [3.05, 3.63) is 0 Å². The molecule has 0 rings (SSSR count). The molecule has 0 amide bonds. The fraction of sp³-hybridized carbons (Fsp3) is 1.00. The second-order valence-electron chi connectivity index (χ2n) is 6.38. The summed E-state index contributed by atoms with van der Waals surface area (Å²) in [6, 6.07) is 0. The van der Waals surface area contributed by atoms with Gasteiger partial charge in [-0.1, -0.05) is 35.4 Å². The van der Waals surface area contributed by atoms with Crippen LogP contribution >= 0.6 is 51.1 Å². The monoisotopic (exact) mass is 570 g/mol. The van der Waals surface area contributed by atoms with Gasteiger partial charge in [0.2, 0.25) is 0 Å². The second kappa shape index (κ2) is 20.2. The smallest absolute Gasteiger partial charge is 0.374 e. The fourth-order valence-corrected chi connectivity index (χ4v) is 19.3. The number of hydrogen-bond acceptors (Lipinski definition) is 11. The molecule has 31 heavy (non-hydrogen) atoms. The van der Waals surface area contributed by atoms with Crippen LogP contribution < -0.4 is 0 Å². The maximum absolute atomic E-state index is 6.01. The Balaban J connectivity index is 4.38. The SMILES string of the molecule is CCO[Si](OCC)(OCC)C(C)CSSSSSCC(C)[Si](OCC)(OCC)OCC. The van der Waals surface area contributed by atoms with Gasteiger partial charge in [-0.2, -0.15) is 0 Å². The Bertz CT molecular complexity index is 361. The van der Waals surface area contributed by atoms with Crippen molar-refractivity contribution in [1.29, 1.82) is 0 Å². The summed E-state index contributed by atoms with van der Waals surface area (Å²) in [5.74, 6) is 1.86. The summed E-state index contributed by atoms with van der Waals surface area (Å²) in [6.07, 6.45) is 0. The van der Waals surface area contributed by atoms with Crippen molar-refractivity contribution in [2.75, 3.05) is 51.1 Å². The predicted molar refractivity (Wildman–Crippen MR) is 148 cm³/mol. The average Bonchev–Trinajstić information content (AvgIpc) is 2.73. The van der Waals surface area contributed by atoms with Gasteiger partial charge in [0, 0.05) is 62.2 Å². The topological polar surface area (TPSA) is 55.4 Å². The molecule has 0 N–H and O–H groups in total. The van der Waals surface area contributed by atoms with E-state index in [4.69, 9.17) is 26.6 Å². The van der Waals surface area contributed by atoms with E-state index in [1.807, 2.05) is 63.1 Å². The molecular weight excluding hydrogens is 529 g/mol. The minimum absolute atomic E-state index is 0.248. The van der Waals surface area contributed by atoms with E-state index in [0.717, 1.165) is 11.5 Å². The van der Waals surface area contributed by atoms with E-state index >= 15 is 0 Å². The van der Waals surface area contributed by atoms with E-state index < -0.39 is 17.6 Å². The van der Waals surface area contributed by atoms with Crippen LogP contribution in [0, 0.1) is 0 Å². The highest BCUT2D eigenvalue weighted by atomic mass is 33.8. The summed E-state index contributed by atoms with van der Waals surface area (Å²) < 4.78 is 36.1. The number of rotatable bonds is 22. The van der Waals surface area contributed by atoms with E-state index in [0.29, 0.717) is 39.6 Å². The molecule has 188 valence electrons. The molecule has 0 aromatic carbocycles. The standard InChI is InChI=1S/C18H42O6S5Si2/c1-9-19-30(20-10-2,21-11-3)17(7)15-25-27-29-28-26-16-18(8)31(22-12-4,23-13-5)24-14-6/h17-18H,9-16H2,1-8H3. The van der Waals surface area contributed by atoms with Crippen LogP contribution in [-0.4, -0.2) is 68.8 Å². The van der Waals surface area contributed by atoms with Crippen molar-refractivity contribution >= 4 is 68.7 Å². The minimum Gasteiger partial charge on any atom is -0.374 e. The molecular formula is C18H42O6S5Si2. The molecule has 0 aromatic rings. The summed E-state index contributed by atoms with van der Waals surface area (Å²) in [7, 11) is 3.77. The van der Waals surface area contributed by atoms with Gasteiger partial charge in [-0.05, 0) is 71.0 Å².